The first kappa shape index (κ1) is 13.2. The third kappa shape index (κ3) is 9.28. The Morgan fingerprint density at radius 2 is 1.64 bits per heavy atom. The maximum atomic E-state index is 6.06. The van der Waals surface area contributed by atoms with Gasteiger partial charge >= 0.3 is 0 Å². The van der Waals surface area contributed by atoms with Crippen LogP contribution in [0.15, 0.2) is 0 Å². The molecule has 84 valence electrons. The van der Waals surface area contributed by atoms with Crippen molar-refractivity contribution in [1.82, 2.24) is 4.90 Å². The molecule has 0 aromatic carbocycles. The lowest BCUT2D eigenvalue weighted by Crippen LogP contribution is -2.31. The molecule has 0 amide bonds. The number of nitrogens with two attached hydrogens (primary N) is 3. The van der Waals surface area contributed by atoms with Crippen molar-refractivity contribution < 1.29 is 0 Å². The summed E-state index contributed by atoms with van der Waals surface area (Å²) in [5, 5.41) is 6.06. The summed E-state index contributed by atoms with van der Waals surface area (Å²) in [5.41, 5.74) is 14.4. The zero-order chi connectivity index (χ0) is 10.8. The number of guanidine groups is 1. The van der Waals surface area contributed by atoms with E-state index in [9.17, 15) is 0 Å². The molecule has 7 N–H and O–H groups in total. The van der Waals surface area contributed by atoms with Gasteiger partial charge in [-0.3, -0.25) is 5.41 Å². The van der Waals surface area contributed by atoms with Crippen molar-refractivity contribution in [3.05, 3.63) is 0 Å². The molecule has 5 heteroatoms. The molecule has 1 saturated heterocycles. The SMILES string of the molecule is N=C(N)N.NCCCN1CCCCC1. The number of hydrogen-bond acceptors (Lipinski definition) is 3. The van der Waals surface area contributed by atoms with Crippen LogP contribution < -0.4 is 17.2 Å². The second-order valence-corrected chi connectivity index (χ2v) is 3.50. The Kier molecular flexibility index (Phi) is 8.27. The molecule has 1 fully saturated rings. The van der Waals surface area contributed by atoms with Crippen molar-refractivity contribution in [3.8, 4) is 0 Å². The van der Waals surface area contributed by atoms with E-state index in [1.807, 2.05) is 0 Å². The lowest BCUT2D eigenvalue weighted by Gasteiger charge is -2.25. The van der Waals surface area contributed by atoms with Gasteiger partial charge in [-0.15, -0.1) is 0 Å². The van der Waals surface area contributed by atoms with Crippen LogP contribution in [0, 0.1) is 5.41 Å². The highest BCUT2D eigenvalue weighted by molar-refractivity contribution is 5.71. The minimum absolute atomic E-state index is 0.333. The smallest absolute Gasteiger partial charge is 0.183 e. The molecule has 0 bridgehead atoms. The highest BCUT2D eigenvalue weighted by atomic mass is 15.1. The van der Waals surface area contributed by atoms with Crippen molar-refractivity contribution >= 4 is 5.96 Å². The summed E-state index contributed by atoms with van der Waals surface area (Å²) >= 11 is 0. The molecule has 0 aliphatic carbocycles. The number of rotatable bonds is 3. The predicted molar refractivity (Wildman–Crippen MR) is 60.1 cm³/mol. The fourth-order valence-electron chi connectivity index (χ4n) is 1.50. The van der Waals surface area contributed by atoms with Crippen LogP contribution in [0.5, 0.6) is 0 Å². The van der Waals surface area contributed by atoms with Crippen LogP contribution >= 0.6 is 0 Å². The second kappa shape index (κ2) is 8.77. The first-order chi connectivity index (χ1) is 6.66. The molecule has 1 aliphatic rings. The average Bonchev–Trinajstić information content (AvgIpc) is 2.15. The summed E-state index contributed by atoms with van der Waals surface area (Å²) in [6.07, 6.45) is 5.38. The first-order valence-corrected chi connectivity index (χ1v) is 5.18. The molecule has 0 aromatic rings. The third-order valence-corrected chi connectivity index (χ3v) is 2.13. The molecule has 0 saturated carbocycles. The quantitative estimate of drug-likeness (QED) is 0.370. The van der Waals surface area contributed by atoms with Gasteiger partial charge in [0.15, 0.2) is 5.96 Å². The third-order valence-electron chi connectivity index (χ3n) is 2.13. The summed E-state index contributed by atoms with van der Waals surface area (Å²) in [7, 11) is 0. The number of hydrogen-bond donors (Lipinski definition) is 4. The lowest BCUT2D eigenvalue weighted by molar-refractivity contribution is 0.227. The van der Waals surface area contributed by atoms with Crippen LogP contribution in [0.4, 0.5) is 0 Å². The van der Waals surface area contributed by atoms with E-state index in [-0.39, 0.29) is 5.96 Å². The Hall–Kier alpha value is -0.810. The highest BCUT2D eigenvalue weighted by Crippen LogP contribution is 2.07. The van der Waals surface area contributed by atoms with E-state index in [2.05, 4.69) is 16.4 Å². The summed E-state index contributed by atoms with van der Waals surface area (Å²) < 4.78 is 0. The van der Waals surface area contributed by atoms with Crippen LogP contribution in [-0.4, -0.2) is 37.0 Å². The van der Waals surface area contributed by atoms with Gasteiger partial charge in [-0.2, -0.15) is 0 Å². The van der Waals surface area contributed by atoms with Crippen LogP contribution in [0.2, 0.25) is 0 Å². The van der Waals surface area contributed by atoms with Crippen LogP contribution in [0.3, 0.4) is 0 Å². The van der Waals surface area contributed by atoms with Crippen molar-refractivity contribution in [2.24, 2.45) is 17.2 Å². The van der Waals surface area contributed by atoms with Crippen molar-refractivity contribution in [3.63, 3.8) is 0 Å². The fraction of sp³-hybridized carbons (Fsp3) is 0.889. The molecule has 1 heterocycles. The number of likely N-dealkylation sites (tertiary alicyclic amines) is 1. The molecule has 5 nitrogen and oxygen atoms in total. The van der Waals surface area contributed by atoms with Crippen molar-refractivity contribution in [1.29, 1.82) is 5.41 Å². The largest absolute Gasteiger partial charge is 0.370 e. The summed E-state index contributed by atoms with van der Waals surface area (Å²) in [6, 6.07) is 0. The molecule has 0 radical (unpaired) electrons. The Balaban J connectivity index is 0.000000364. The zero-order valence-electron chi connectivity index (χ0n) is 8.84. The molecule has 1 rings (SSSR count). The lowest BCUT2D eigenvalue weighted by atomic mass is 10.1. The zero-order valence-corrected chi connectivity index (χ0v) is 8.84. The standard InChI is InChI=1S/C8H18N2.CH5N3/c9-5-4-8-10-6-2-1-3-7-10;2-1(3)4/h1-9H2;(H5,2,3,4). The van der Waals surface area contributed by atoms with Gasteiger partial charge in [0.1, 0.15) is 0 Å². The Morgan fingerprint density at radius 3 is 2.07 bits per heavy atom. The van der Waals surface area contributed by atoms with Gasteiger partial charge < -0.3 is 22.1 Å². The van der Waals surface area contributed by atoms with Gasteiger partial charge in [-0.25, -0.2) is 0 Å². The molecule has 0 atom stereocenters. The van der Waals surface area contributed by atoms with Crippen LogP contribution in [-0.2, 0) is 0 Å². The normalized spacial score (nSPS) is 16.9. The highest BCUT2D eigenvalue weighted by Gasteiger charge is 2.07. The number of nitrogens with zero attached hydrogens (tertiary/aromatic N) is 1. The molecule has 14 heavy (non-hydrogen) atoms. The topological polar surface area (TPSA) is 105 Å². The monoisotopic (exact) mass is 201 g/mol. The molecule has 0 unspecified atom stereocenters. The van der Waals surface area contributed by atoms with E-state index in [1.165, 1.54) is 45.3 Å². The van der Waals surface area contributed by atoms with E-state index in [0.717, 1.165) is 6.54 Å². The van der Waals surface area contributed by atoms with Gasteiger partial charge in [0.05, 0.1) is 0 Å². The maximum absolute atomic E-state index is 6.06. The van der Waals surface area contributed by atoms with E-state index in [4.69, 9.17) is 11.1 Å². The Bertz CT molecular complexity index is 138. The first-order valence-electron chi connectivity index (χ1n) is 5.18. The van der Waals surface area contributed by atoms with Crippen LogP contribution in [0.1, 0.15) is 25.7 Å². The summed E-state index contributed by atoms with van der Waals surface area (Å²) in [6.45, 7) is 4.67. The van der Waals surface area contributed by atoms with Gasteiger partial charge in [-0.05, 0) is 45.4 Å². The predicted octanol–water partition coefficient (Wildman–Crippen LogP) is -0.340. The fourth-order valence-corrected chi connectivity index (χ4v) is 1.50. The minimum Gasteiger partial charge on any atom is -0.370 e. The Morgan fingerprint density at radius 1 is 1.14 bits per heavy atom. The summed E-state index contributed by atoms with van der Waals surface area (Å²) in [4.78, 5) is 2.52. The molecule has 0 aromatic heterocycles. The van der Waals surface area contributed by atoms with Crippen molar-refractivity contribution in [2.75, 3.05) is 26.2 Å². The molecular formula is C9H23N5. The van der Waals surface area contributed by atoms with E-state index < -0.39 is 0 Å². The Labute approximate surface area is 86.1 Å². The van der Waals surface area contributed by atoms with Gasteiger partial charge in [-0.1, -0.05) is 6.42 Å². The minimum atomic E-state index is -0.333. The van der Waals surface area contributed by atoms with Gasteiger partial charge in [0.2, 0.25) is 0 Å². The van der Waals surface area contributed by atoms with E-state index in [0.29, 0.717) is 0 Å². The van der Waals surface area contributed by atoms with Gasteiger partial charge in [0.25, 0.3) is 0 Å². The van der Waals surface area contributed by atoms with Gasteiger partial charge in [0, 0.05) is 0 Å². The van der Waals surface area contributed by atoms with E-state index >= 15 is 0 Å². The van der Waals surface area contributed by atoms with Crippen LogP contribution in [0.25, 0.3) is 0 Å². The summed E-state index contributed by atoms with van der Waals surface area (Å²) in [5.74, 6) is -0.333. The molecule has 0 spiro atoms. The molecule has 1 aliphatic heterocycles. The van der Waals surface area contributed by atoms with Crippen molar-refractivity contribution in [2.45, 2.75) is 25.7 Å². The number of piperidine rings is 1. The maximum Gasteiger partial charge on any atom is 0.183 e. The number of nitrogens with one attached hydrogen (secondary N) is 1. The second-order valence-electron chi connectivity index (χ2n) is 3.50. The average molecular weight is 201 g/mol. The van der Waals surface area contributed by atoms with E-state index in [1.54, 1.807) is 0 Å². The molecular weight excluding hydrogens is 178 g/mol.